The molecule has 2 rings (SSSR count). The second kappa shape index (κ2) is 11.3. The van der Waals surface area contributed by atoms with E-state index in [9.17, 15) is 0 Å². The summed E-state index contributed by atoms with van der Waals surface area (Å²) < 4.78 is 0. The van der Waals surface area contributed by atoms with Crippen LogP contribution in [0.25, 0.3) is 0 Å². The van der Waals surface area contributed by atoms with Crippen LogP contribution < -0.4 is 11.5 Å². The van der Waals surface area contributed by atoms with E-state index in [1.54, 1.807) is 0 Å². The van der Waals surface area contributed by atoms with Crippen LogP contribution in [0.1, 0.15) is 77.0 Å². The molecule has 4 N–H and O–H groups in total. The van der Waals surface area contributed by atoms with Crippen molar-refractivity contribution in [1.82, 2.24) is 0 Å². The molecule has 0 aromatic carbocycles. The third-order valence-electron chi connectivity index (χ3n) is 5.20. The molecule has 0 radical (unpaired) electrons. The van der Waals surface area contributed by atoms with E-state index >= 15 is 0 Å². The molecule has 0 aromatic heterocycles. The predicted octanol–water partition coefficient (Wildman–Crippen LogP) is 4.30. The van der Waals surface area contributed by atoms with E-state index in [-0.39, 0.29) is 12.4 Å². The van der Waals surface area contributed by atoms with Gasteiger partial charge in [-0.2, -0.15) is 0 Å². The van der Waals surface area contributed by atoms with Gasteiger partial charge in [-0.1, -0.05) is 0 Å². The van der Waals surface area contributed by atoms with Gasteiger partial charge in [0.2, 0.25) is 0 Å². The normalized spacial score (nSPS) is 34.3. The Morgan fingerprint density at radius 3 is 1.95 bits per heavy atom. The van der Waals surface area contributed by atoms with Crippen molar-refractivity contribution in [3.63, 3.8) is 0 Å². The summed E-state index contributed by atoms with van der Waals surface area (Å²) >= 11 is 0.722. The third-order valence-corrected chi connectivity index (χ3v) is 8.54. The molecule has 1 heterocycles. The fourth-order valence-electron chi connectivity index (χ4n) is 3.88. The first-order valence-corrected chi connectivity index (χ1v) is 11.1. The molecular weight excluding hydrogens is 347 g/mol. The Bertz CT molecular complexity index is 255. The number of rotatable bonds is 1. The van der Waals surface area contributed by atoms with Crippen LogP contribution >= 0.6 is 12.4 Å². The zero-order valence-electron chi connectivity index (χ0n) is 13.5. The van der Waals surface area contributed by atoms with Crippen LogP contribution in [0.3, 0.4) is 0 Å². The van der Waals surface area contributed by atoms with Crippen LogP contribution in [0, 0.1) is 5.92 Å². The summed E-state index contributed by atoms with van der Waals surface area (Å²) in [6, 6.07) is 0.911. The number of halogens is 1. The molecule has 0 aromatic rings. The van der Waals surface area contributed by atoms with Crippen LogP contribution in [0.4, 0.5) is 0 Å². The SMILES string of the molecule is Cl.NC1CCCC(N)C(C2CCCCCCCC2)[Se]CC1. The van der Waals surface area contributed by atoms with Crippen molar-refractivity contribution in [2.45, 2.75) is 99.3 Å². The molecule has 2 fully saturated rings. The van der Waals surface area contributed by atoms with Crippen molar-refractivity contribution < 1.29 is 0 Å². The Balaban J connectivity index is 0.00000220. The van der Waals surface area contributed by atoms with Crippen LogP contribution in [0.5, 0.6) is 0 Å². The standard InChI is InChI=1S/C17H34N2Se.ClH/c18-15-10-7-11-16(19)17(20-13-12-15)14-8-5-3-1-2-4-6-9-14;/h14-17H,1-13,18-19H2;1H. The quantitative estimate of drug-likeness (QED) is 0.665. The summed E-state index contributed by atoms with van der Waals surface area (Å²) in [5.74, 6) is 0.928. The second-order valence-corrected chi connectivity index (χ2v) is 9.64. The summed E-state index contributed by atoms with van der Waals surface area (Å²) in [6.45, 7) is 0. The molecule has 1 aliphatic heterocycles. The van der Waals surface area contributed by atoms with E-state index in [1.807, 2.05) is 0 Å². The minimum atomic E-state index is 0. The van der Waals surface area contributed by atoms with Crippen LogP contribution in [-0.4, -0.2) is 27.0 Å². The molecule has 1 saturated heterocycles. The van der Waals surface area contributed by atoms with Gasteiger partial charge in [0, 0.05) is 0 Å². The fourth-order valence-corrected chi connectivity index (χ4v) is 7.32. The van der Waals surface area contributed by atoms with Gasteiger partial charge in [-0.3, -0.25) is 0 Å². The molecule has 3 atom stereocenters. The first-order valence-electron chi connectivity index (χ1n) is 8.90. The van der Waals surface area contributed by atoms with E-state index in [4.69, 9.17) is 11.5 Å². The van der Waals surface area contributed by atoms with Crippen LogP contribution in [-0.2, 0) is 0 Å². The molecule has 4 heteroatoms. The molecule has 0 bridgehead atoms. The first-order chi connectivity index (χ1) is 9.77. The van der Waals surface area contributed by atoms with E-state index in [1.165, 1.54) is 82.4 Å². The van der Waals surface area contributed by atoms with E-state index < -0.39 is 0 Å². The molecule has 0 amide bonds. The Morgan fingerprint density at radius 2 is 1.29 bits per heavy atom. The van der Waals surface area contributed by atoms with Crippen LogP contribution in [0.15, 0.2) is 0 Å². The van der Waals surface area contributed by atoms with Crippen molar-refractivity contribution >= 4 is 27.4 Å². The van der Waals surface area contributed by atoms with Gasteiger partial charge >= 0.3 is 132 Å². The molecule has 126 valence electrons. The van der Waals surface area contributed by atoms with Gasteiger partial charge in [-0.05, 0) is 0 Å². The summed E-state index contributed by atoms with van der Waals surface area (Å²) in [5, 5.41) is 1.36. The molecule has 21 heavy (non-hydrogen) atoms. The van der Waals surface area contributed by atoms with Gasteiger partial charge in [-0.15, -0.1) is 12.4 Å². The number of hydrogen-bond donors (Lipinski definition) is 2. The predicted molar refractivity (Wildman–Crippen MR) is 96.4 cm³/mol. The minimum absolute atomic E-state index is 0. The molecule has 1 aliphatic carbocycles. The molecule has 2 nitrogen and oxygen atoms in total. The zero-order chi connectivity index (χ0) is 14.2. The van der Waals surface area contributed by atoms with Crippen molar-refractivity contribution in [3.8, 4) is 0 Å². The monoisotopic (exact) mass is 382 g/mol. The van der Waals surface area contributed by atoms with Crippen molar-refractivity contribution in [2.24, 2.45) is 17.4 Å². The van der Waals surface area contributed by atoms with Crippen LogP contribution in [0.2, 0.25) is 10.1 Å². The van der Waals surface area contributed by atoms with E-state index in [2.05, 4.69) is 0 Å². The number of nitrogens with two attached hydrogens (primary N) is 2. The molecule has 3 unspecified atom stereocenters. The average molecular weight is 382 g/mol. The van der Waals surface area contributed by atoms with Gasteiger partial charge in [0.05, 0.1) is 0 Å². The summed E-state index contributed by atoms with van der Waals surface area (Å²) in [6.07, 6.45) is 16.5. The van der Waals surface area contributed by atoms with Gasteiger partial charge in [0.1, 0.15) is 0 Å². The maximum absolute atomic E-state index is 6.60. The molecule has 1 saturated carbocycles. The Hall–Kier alpha value is 0.729. The van der Waals surface area contributed by atoms with E-state index in [0.717, 1.165) is 25.7 Å². The number of hydrogen-bond acceptors (Lipinski definition) is 2. The molecular formula is C17H35ClN2Se. The van der Waals surface area contributed by atoms with Gasteiger partial charge in [0.15, 0.2) is 0 Å². The Labute approximate surface area is 144 Å². The van der Waals surface area contributed by atoms with Gasteiger partial charge < -0.3 is 0 Å². The topological polar surface area (TPSA) is 52.0 Å². The zero-order valence-corrected chi connectivity index (χ0v) is 16.0. The van der Waals surface area contributed by atoms with Crippen molar-refractivity contribution in [2.75, 3.05) is 0 Å². The molecule has 2 aliphatic rings. The summed E-state index contributed by atoms with van der Waals surface area (Å²) in [4.78, 5) is 0.839. The molecule has 0 spiro atoms. The van der Waals surface area contributed by atoms with Gasteiger partial charge in [-0.25, -0.2) is 0 Å². The Morgan fingerprint density at radius 1 is 0.667 bits per heavy atom. The first kappa shape index (κ1) is 19.8. The second-order valence-electron chi connectivity index (χ2n) is 6.94. The van der Waals surface area contributed by atoms with Crippen molar-refractivity contribution in [3.05, 3.63) is 0 Å². The Kier molecular flexibility index (Phi) is 10.6. The third kappa shape index (κ3) is 7.22. The maximum atomic E-state index is 6.60. The van der Waals surface area contributed by atoms with Crippen molar-refractivity contribution in [1.29, 1.82) is 0 Å². The average Bonchev–Trinajstić information content (AvgIpc) is 2.60. The summed E-state index contributed by atoms with van der Waals surface area (Å²) in [7, 11) is 0. The van der Waals surface area contributed by atoms with E-state index in [0.29, 0.717) is 12.1 Å². The fraction of sp³-hybridized carbons (Fsp3) is 1.00. The van der Waals surface area contributed by atoms with Gasteiger partial charge in [0.25, 0.3) is 0 Å². The summed E-state index contributed by atoms with van der Waals surface area (Å²) in [5.41, 5.74) is 12.8.